The van der Waals surface area contributed by atoms with Crippen molar-refractivity contribution in [1.29, 1.82) is 0 Å². The van der Waals surface area contributed by atoms with E-state index in [1.807, 2.05) is 0 Å². The standard InChI is InChI=1S/C23H31/c1-15-20(22(2)13-16-7-9-18(22)11-16)5-4-6-21(15)23(3)14-17-8-10-19(23)12-17/h4-6,16-19H,1,7-14H2,2-3H3/q-1. The molecule has 1 aromatic carbocycles. The Balaban J connectivity index is 1.58. The molecule has 6 unspecified atom stereocenters. The molecule has 4 fully saturated rings. The van der Waals surface area contributed by atoms with Gasteiger partial charge in [0.05, 0.1) is 0 Å². The van der Waals surface area contributed by atoms with Crippen molar-refractivity contribution in [3.8, 4) is 0 Å². The lowest BCUT2D eigenvalue weighted by molar-refractivity contribution is 0.282. The summed E-state index contributed by atoms with van der Waals surface area (Å²) in [6, 6.07) is 7.19. The highest BCUT2D eigenvalue weighted by molar-refractivity contribution is 5.47. The van der Waals surface area contributed by atoms with Gasteiger partial charge < -0.3 is 0 Å². The van der Waals surface area contributed by atoms with Gasteiger partial charge in [0.25, 0.3) is 0 Å². The molecule has 4 bridgehead atoms. The molecule has 1 aromatic rings. The molecular formula is C23H31-. The van der Waals surface area contributed by atoms with Crippen LogP contribution in [-0.4, -0.2) is 0 Å². The summed E-state index contributed by atoms with van der Waals surface area (Å²) in [6.45, 7) is 9.77. The highest BCUT2D eigenvalue weighted by Crippen LogP contribution is 2.60. The Morgan fingerprint density at radius 2 is 1.30 bits per heavy atom. The van der Waals surface area contributed by atoms with Gasteiger partial charge in [-0.1, -0.05) is 58.4 Å². The van der Waals surface area contributed by atoms with Crippen molar-refractivity contribution in [2.45, 2.75) is 76.0 Å². The molecule has 0 heteroatoms. The first-order chi connectivity index (χ1) is 11.0. The summed E-state index contributed by atoms with van der Waals surface area (Å²) in [5.74, 6) is 3.81. The van der Waals surface area contributed by atoms with Crippen LogP contribution in [0.15, 0.2) is 18.2 Å². The van der Waals surface area contributed by atoms with E-state index < -0.39 is 0 Å². The van der Waals surface area contributed by atoms with E-state index in [4.69, 9.17) is 0 Å². The Morgan fingerprint density at radius 1 is 0.826 bits per heavy atom. The van der Waals surface area contributed by atoms with Crippen LogP contribution >= 0.6 is 0 Å². The second-order valence-corrected chi connectivity index (χ2v) is 9.83. The zero-order valence-electron chi connectivity index (χ0n) is 14.9. The molecule has 0 nitrogen and oxygen atoms in total. The fraction of sp³-hybridized carbons (Fsp3) is 0.696. The van der Waals surface area contributed by atoms with Gasteiger partial charge in [0.15, 0.2) is 0 Å². The Hall–Kier alpha value is -0.910. The van der Waals surface area contributed by atoms with Crippen LogP contribution in [0.2, 0.25) is 0 Å². The van der Waals surface area contributed by atoms with Gasteiger partial charge in [-0.05, 0) is 47.3 Å². The lowest BCUT2D eigenvalue weighted by atomic mass is 9.64. The Labute approximate surface area is 142 Å². The van der Waals surface area contributed by atoms with Crippen LogP contribution in [0.25, 0.3) is 0 Å². The third-order valence-electron chi connectivity index (χ3n) is 8.72. The van der Waals surface area contributed by atoms with Gasteiger partial charge in [-0.25, -0.2) is 0 Å². The van der Waals surface area contributed by atoms with Crippen molar-refractivity contribution < 1.29 is 0 Å². The highest BCUT2D eigenvalue weighted by atomic mass is 14.6. The summed E-state index contributed by atoms with van der Waals surface area (Å²) in [5.41, 5.74) is 5.43. The SMILES string of the molecule is [CH2-]c1c(C2(C)CC3CCC2C3)cccc1C1(C)CC2CCC1C2. The van der Waals surface area contributed by atoms with Crippen LogP contribution in [0.3, 0.4) is 0 Å². The van der Waals surface area contributed by atoms with E-state index in [9.17, 15) is 0 Å². The predicted octanol–water partition coefficient (Wildman–Crippen LogP) is 6.02. The monoisotopic (exact) mass is 307 g/mol. The van der Waals surface area contributed by atoms with Crippen molar-refractivity contribution in [3.05, 3.63) is 41.8 Å². The molecule has 23 heavy (non-hydrogen) atoms. The molecule has 0 spiro atoms. The lowest BCUT2D eigenvalue weighted by Gasteiger charge is -2.45. The van der Waals surface area contributed by atoms with Crippen LogP contribution in [-0.2, 0) is 10.8 Å². The molecule has 5 rings (SSSR count). The summed E-state index contributed by atoms with van der Waals surface area (Å²) in [6.07, 6.45) is 11.6. The molecule has 4 aliphatic carbocycles. The average Bonchev–Trinajstić information content (AvgIpc) is 3.26. The maximum absolute atomic E-state index is 4.67. The van der Waals surface area contributed by atoms with Crippen molar-refractivity contribution in [2.75, 3.05) is 0 Å². The molecule has 4 saturated carbocycles. The van der Waals surface area contributed by atoms with E-state index in [0.29, 0.717) is 10.8 Å². The number of benzene rings is 1. The fourth-order valence-electron chi connectivity index (χ4n) is 7.53. The second kappa shape index (κ2) is 4.58. The smallest absolute Gasteiger partial charge is 0.0413 e. The molecule has 0 heterocycles. The zero-order valence-corrected chi connectivity index (χ0v) is 14.9. The normalized spacial score (nSPS) is 47.6. The van der Waals surface area contributed by atoms with Gasteiger partial charge in [0.2, 0.25) is 0 Å². The van der Waals surface area contributed by atoms with Crippen LogP contribution in [0.4, 0.5) is 0 Å². The van der Waals surface area contributed by atoms with Gasteiger partial charge in [-0.15, -0.1) is 23.3 Å². The maximum Gasteiger partial charge on any atom is -0.0413 e. The summed E-state index contributed by atoms with van der Waals surface area (Å²) in [5, 5.41) is 0. The minimum absolute atomic E-state index is 0.407. The van der Waals surface area contributed by atoms with Crippen LogP contribution in [0.5, 0.6) is 0 Å². The topological polar surface area (TPSA) is 0 Å². The second-order valence-electron chi connectivity index (χ2n) is 9.83. The Bertz CT molecular complexity index is 591. The van der Waals surface area contributed by atoms with Gasteiger partial charge in [0, 0.05) is 0 Å². The molecule has 4 aliphatic rings. The van der Waals surface area contributed by atoms with E-state index in [2.05, 4.69) is 39.0 Å². The summed E-state index contributed by atoms with van der Waals surface area (Å²) >= 11 is 0. The minimum Gasteiger partial charge on any atom is -0.198 e. The van der Waals surface area contributed by atoms with E-state index >= 15 is 0 Å². The maximum atomic E-state index is 4.67. The molecule has 6 atom stereocenters. The quantitative estimate of drug-likeness (QED) is 0.586. The first kappa shape index (κ1) is 14.4. The summed E-state index contributed by atoms with van der Waals surface area (Å²) in [7, 11) is 0. The molecule has 0 aromatic heterocycles. The molecule has 0 saturated heterocycles. The van der Waals surface area contributed by atoms with Crippen molar-refractivity contribution in [3.63, 3.8) is 0 Å². The minimum atomic E-state index is 0.407. The zero-order chi connectivity index (χ0) is 15.8. The number of hydrogen-bond acceptors (Lipinski definition) is 0. The van der Waals surface area contributed by atoms with Gasteiger partial charge in [-0.3, -0.25) is 0 Å². The fourth-order valence-corrected chi connectivity index (χ4v) is 7.53. The first-order valence-corrected chi connectivity index (χ1v) is 9.96. The van der Waals surface area contributed by atoms with E-state index in [-0.39, 0.29) is 0 Å². The predicted molar refractivity (Wildman–Crippen MR) is 96.5 cm³/mol. The average molecular weight is 308 g/mol. The molecule has 0 amide bonds. The third kappa shape index (κ3) is 1.81. The summed E-state index contributed by atoms with van der Waals surface area (Å²) < 4.78 is 0. The van der Waals surface area contributed by atoms with Crippen molar-refractivity contribution in [1.82, 2.24) is 0 Å². The summed E-state index contributed by atoms with van der Waals surface area (Å²) in [4.78, 5) is 0. The molecule has 0 N–H and O–H groups in total. The molecule has 0 radical (unpaired) electrons. The van der Waals surface area contributed by atoms with Crippen LogP contribution in [0.1, 0.15) is 81.9 Å². The van der Waals surface area contributed by atoms with Gasteiger partial charge >= 0.3 is 0 Å². The lowest BCUT2D eigenvalue weighted by Crippen LogP contribution is -2.33. The van der Waals surface area contributed by atoms with Crippen LogP contribution < -0.4 is 0 Å². The number of rotatable bonds is 2. The molecule has 0 aliphatic heterocycles. The number of fused-ring (bicyclic) bond motifs is 4. The Morgan fingerprint density at radius 3 is 1.65 bits per heavy atom. The van der Waals surface area contributed by atoms with Gasteiger partial charge in [-0.2, -0.15) is 12.5 Å². The van der Waals surface area contributed by atoms with Crippen LogP contribution in [0, 0.1) is 30.6 Å². The third-order valence-corrected chi connectivity index (χ3v) is 8.72. The number of hydrogen-bond donors (Lipinski definition) is 0. The Kier molecular flexibility index (Phi) is 2.88. The molecular weight excluding hydrogens is 276 g/mol. The van der Waals surface area contributed by atoms with E-state index in [0.717, 1.165) is 23.7 Å². The largest absolute Gasteiger partial charge is 0.198 e. The van der Waals surface area contributed by atoms with E-state index in [1.165, 1.54) is 56.9 Å². The first-order valence-electron chi connectivity index (χ1n) is 9.96. The van der Waals surface area contributed by atoms with E-state index in [1.54, 1.807) is 11.1 Å². The van der Waals surface area contributed by atoms with Crippen molar-refractivity contribution >= 4 is 0 Å². The highest BCUT2D eigenvalue weighted by Gasteiger charge is 2.49. The van der Waals surface area contributed by atoms with Crippen molar-refractivity contribution in [2.24, 2.45) is 23.7 Å². The van der Waals surface area contributed by atoms with Gasteiger partial charge in [0.1, 0.15) is 0 Å². The molecule has 124 valence electrons.